The van der Waals surface area contributed by atoms with Crippen LogP contribution in [0.5, 0.6) is 0 Å². The summed E-state index contributed by atoms with van der Waals surface area (Å²) in [7, 11) is 0. The molecule has 1 atom stereocenters. The average molecular weight is 554 g/mol. The third-order valence-corrected chi connectivity index (χ3v) is 6.40. The zero-order valence-corrected chi connectivity index (χ0v) is 22.2. The van der Waals surface area contributed by atoms with Gasteiger partial charge in [-0.3, -0.25) is 4.79 Å². The third kappa shape index (κ3) is 7.37. The van der Waals surface area contributed by atoms with Crippen LogP contribution in [0.1, 0.15) is 47.4 Å². The molecule has 0 saturated carbocycles. The molecule has 40 heavy (non-hydrogen) atoms. The minimum absolute atomic E-state index is 0.0864. The molecule has 0 fully saturated rings. The van der Waals surface area contributed by atoms with Gasteiger partial charge in [0, 0.05) is 12.0 Å². The summed E-state index contributed by atoms with van der Waals surface area (Å²) >= 11 is 0. The molecule has 1 heterocycles. The van der Waals surface area contributed by atoms with Crippen molar-refractivity contribution in [1.82, 2.24) is 5.16 Å². The van der Waals surface area contributed by atoms with Gasteiger partial charge < -0.3 is 19.1 Å². The maximum absolute atomic E-state index is 13.0. The van der Waals surface area contributed by atoms with E-state index in [9.17, 15) is 23.1 Å². The highest BCUT2D eigenvalue weighted by molar-refractivity contribution is 5.71. The number of aromatic nitrogens is 1. The van der Waals surface area contributed by atoms with Crippen molar-refractivity contribution in [2.24, 2.45) is 0 Å². The highest BCUT2D eigenvalue weighted by Crippen LogP contribution is 2.33. The van der Waals surface area contributed by atoms with E-state index in [0.29, 0.717) is 47.6 Å². The van der Waals surface area contributed by atoms with Crippen LogP contribution in [-0.2, 0) is 33.5 Å². The number of carbonyl (C=O) groups is 1. The first-order valence-corrected chi connectivity index (χ1v) is 12.9. The number of alkyl halides is 3. The molecule has 0 saturated heterocycles. The van der Waals surface area contributed by atoms with Crippen molar-refractivity contribution in [3.8, 4) is 22.5 Å². The maximum atomic E-state index is 13.0. The number of rotatable bonds is 11. The molecule has 0 aliphatic carbocycles. The third-order valence-electron chi connectivity index (χ3n) is 6.40. The van der Waals surface area contributed by atoms with E-state index < -0.39 is 17.8 Å². The number of ether oxygens (including phenoxy) is 2. The summed E-state index contributed by atoms with van der Waals surface area (Å²) in [5, 5.41) is 14.8. The smallest absolute Gasteiger partial charge is 0.416 e. The number of hydrogen-bond donors (Lipinski definition) is 1. The topological polar surface area (TPSA) is 81.8 Å². The summed E-state index contributed by atoms with van der Waals surface area (Å²) in [5.74, 6) is 0.185. The molecule has 0 aliphatic rings. The number of esters is 1. The molecular formula is C31H30F3NO5. The zero-order valence-electron chi connectivity index (χ0n) is 22.2. The second kappa shape index (κ2) is 12.9. The predicted octanol–water partition coefficient (Wildman–Crippen LogP) is 7.08. The number of carbonyl (C=O) groups excluding carboxylic acids is 1. The van der Waals surface area contributed by atoms with E-state index in [4.69, 9.17) is 14.0 Å². The average Bonchev–Trinajstić information content (AvgIpc) is 3.33. The van der Waals surface area contributed by atoms with Crippen LogP contribution in [0.4, 0.5) is 13.2 Å². The Morgan fingerprint density at radius 1 is 0.975 bits per heavy atom. The van der Waals surface area contributed by atoms with E-state index in [1.807, 2.05) is 48.5 Å². The molecule has 3 aromatic carbocycles. The summed E-state index contributed by atoms with van der Waals surface area (Å²) in [6, 6.07) is 20.4. The van der Waals surface area contributed by atoms with Gasteiger partial charge in [-0.15, -0.1) is 0 Å². The van der Waals surface area contributed by atoms with Crippen LogP contribution in [0.2, 0.25) is 0 Å². The van der Waals surface area contributed by atoms with Crippen LogP contribution < -0.4 is 0 Å². The molecule has 0 bridgehead atoms. The van der Waals surface area contributed by atoms with Gasteiger partial charge in [0.05, 0.1) is 36.6 Å². The first kappa shape index (κ1) is 29.0. The molecule has 4 aromatic rings. The van der Waals surface area contributed by atoms with Gasteiger partial charge in [-0.2, -0.15) is 13.2 Å². The maximum Gasteiger partial charge on any atom is 0.416 e. The van der Waals surface area contributed by atoms with Crippen LogP contribution in [0, 0.1) is 6.92 Å². The van der Waals surface area contributed by atoms with E-state index in [2.05, 4.69) is 5.16 Å². The molecule has 210 valence electrons. The van der Waals surface area contributed by atoms with E-state index in [0.717, 1.165) is 28.8 Å². The molecule has 1 aromatic heterocycles. The summed E-state index contributed by atoms with van der Waals surface area (Å²) < 4.78 is 54.9. The van der Waals surface area contributed by atoms with Gasteiger partial charge in [0.25, 0.3) is 0 Å². The molecule has 9 heteroatoms. The Morgan fingerprint density at radius 2 is 1.62 bits per heavy atom. The van der Waals surface area contributed by atoms with Crippen molar-refractivity contribution in [2.45, 2.75) is 45.6 Å². The van der Waals surface area contributed by atoms with Gasteiger partial charge >= 0.3 is 12.1 Å². The number of hydrogen-bond acceptors (Lipinski definition) is 6. The van der Waals surface area contributed by atoms with Crippen molar-refractivity contribution in [2.75, 3.05) is 13.2 Å². The zero-order chi connectivity index (χ0) is 28.7. The minimum Gasteiger partial charge on any atom is -0.466 e. The fourth-order valence-corrected chi connectivity index (χ4v) is 4.34. The second-order valence-corrected chi connectivity index (χ2v) is 9.32. The van der Waals surface area contributed by atoms with Crippen LogP contribution in [0.3, 0.4) is 0 Å². The fourth-order valence-electron chi connectivity index (χ4n) is 4.34. The van der Waals surface area contributed by atoms with Gasteiger partial charge in [0.1, 0.15) is 6.10 Å². The van der Waals surface area contributed by atoms with Gasteiger partial charge in [-0.25, -0.2) is 0 Å². The fraction of sp³-hybridized carbons (Fsp3) is 0.290. The number of halogens is 3. The van der Waals surface area contributed by atoms with Crippen LogP contribution in [-0.4, -0.2) is 29.4 Å². The van der Waals surface area contributed by atoms with Crippen molar-refractivity contribution < 1.29 is 37.1 Å². The number of benzene rings is 3. The van der Waals surface area contributed by atoms with E-state index >= 15 is 0 Å². The molecule has 4 rings (SSSR count). The Morgan fingerprint density at radius 3 is 2.27 bits per heavy atom. The number of nitrogens with zero attached hydrogens (tertiary/aromatic N) is 1. The summed E-state index contributed by atoms with van der Waals surface area (Å²) in [4.78, 5) is 11.6. The monoisotopic (exact) mass is 553 g/mol. The van der Waals surface area contributed by atoms with Gasteiger partial charge in [0.2, 0.25) is 0 Å². The molecule has 0 spiro atoms. The molecule has 0 radical (unpaired) electrons. The molecule has 1 N–H and O–H groups in total. The number of aryl methyl sites for hydroxylation is 2. The lowest BCUT2D eigenvalue weighted by Gasteiger charge is -2.13. The van der Waals surface area contributed by atoms with Crippen LogP contribution >= 0.6 is 0 Å². The number of aliphatic hydroxyl groups excluding tert-OH is 1. The Labute approximate surface area is 230 Å². The van der Waals surface area contributed by atoms with E-state index in [1.165, 1.54) is 12.1 Å². The SMILES string of the molecule is CCOC(=O)CCc1ccc(-c2ccc(-c3onc(C)c3C(O)COCc3cccc(C(F)(F)F)c3)cc2)cc1. The van der Waals surface area contributed by atoms with Crippen molar-refractivity contribution in [3.63, 3.8) is 0 Å². The van der Waals surface area contributed by atoms with Crippen molar-refractivity contribution >= 4 is 5.97 Å². The number of aliphatic hydroxyl groups is 1. The first-order valence-electron chi connectivity index (χ1n) is 12.9. The summed E-state index contributed by atoms with van der Waals surface area (Å²) in [6.45, 7) is 3.63. The Kier molecular flexibility index (Phi) is 9.39. The largest absolute Gasteiger partial charge is 0.466 e. The van der Waals surface area contributed by atoms with Crippen molar-refractivity contribution in [1.29, 1.82) is 0 Å². The Balaban J connectivity index is 1.39. The van der Waals surface area contributed by atoms with Crippen LogP contribution in [0.15, 0.2) is 77.3 Å². The van der Waals surface area contributed by atoms with Crippen LogP contribution in [0.25, 0.3) is 22.5 Å². The quantitative estimate of drug-likeness (QED) is 0.200. The molecule has 0 aliphatic heterocycles. The molecule has 0 amide bonds. The molecule has 6 nitrogen and oxygen atoms in total. The van der Waals surface area contributed by atoms with Gasteiger partial charge in [-0.1, -0.05) is 65.8 Å². The predicted molar refractivity (Wildman–Crippen MR) is 143 cm³/mol. The second-order valence-electron chi connectivity index (χ2n) is 9.32. The molecular weight excluding hydrogens is 523 g/mol. The lowest BCUT2D eigenvalue weighted by Crippen LogP contribution is -2.10. The summed E-state index contributed by atoms with van der Waals surface area (Å²) in [5.41, 5.74) is 4.29. The first-order chi connectivity index (χ1) is 19.2. The van der Waals surface area contributed by atoms with E-state index in [1.54, 1.807) is 13.8 Å². The lowest BCUT2D eigenvalue weighted by atomic mass is 9.98. The summed E-state index contributed by atoms with van der Waals surface area (Å²) in [6.07, 6.45) is -4.58. The Hall–Kier alpha value is -3.95. The standard InChI is InChI=1S/C31H30F3NO5/c1-3-39-28(37)16-9-21-7-10-23(11-8-21)24-12-14-25(15-13-24)30-29(20(2)35-40-30)27(36)19-38-18-22-5-4-6-26(17-22)31(32,33)34/h4-8,10-15,17,27,36H,3,9,16,18-19H2,1-2H3. The molecule has 1 unspecified atom stereocenters. The lowest BCUT2D eigenvalue weighted by molar-refractivity contribution is -0.143. The van der Waals surface area contributed by atoms with Gasteiger partial charge in [-0.05, 0) is 54.7 Å². The normalized spacial score (nSPS) is 12.3. The Bertz CT molecular complexity index is 1410. The highest BCUT2D eigenvalue weighted by Gasteiger charge is 2.30. The van der Waals surface area contributed by atoms with Gasteiger partial charge in [0.15, 0.2) is 5.76 Å². The minimum atomic E-state index is -4.44. The van der Waals surface area contributed by atoms with E-state index in [-0.39, 0.29) is 19.2 Å². The van der Waals surface area contributed by atoms with Crippen molar-refractivity contribution in [3.05, 3.63) is 101 Å². The highest BCUT2D eigenvalue weighted by atomic mass is 19.4.